The average molecular weight is 365 g/mol. The van der Waals surface area contributed by atoms with Gasteiger partial charge in [0.1, 0.15) is 20.4 Å². The molecule has 3 aliphatic rings. The number of nitrogens with two attached hydrogens (primary N) is 1. The minimum atomic E-state index is -2.46. The topological polar surface area (TPSA) is 68.0 Å². The summed E-state index contributed by atoms with van der Waals surface area (Å²) in [6.07, 6.45) is 3.88. The number of nitrogens with zero attached hydrogens (tertiary/aromatic N) is 2. The largest absolute Gasteiger partial charge is 0.485 e. The van der Waals surface area contributed by atoms with E-state index in [1.807, 2.05) is 12.1 Å². The fourth-order valence-electron chi connectivity index (χ4n) is 4.23. The Morgan fingerprint density at radius 1 is 1.04 bits per heavy atom. The highest BCUT2D eigenvalue weighted by Crippen LogP contribution is 2.52. The van der Waals surface area contributed by atoms with Crippen LogP contribution in [0.3, 0.4) is 0 Å². The van der Waals surface area contributed by atoms with Gasteiger partial charge in [-0.25, -0.2) is 0 Å². The fraction of sp³-hybridized carbons (Fsp3) is 0.667. The van der Waals surface area contributed by atoms with Gasteiger partial charge in [0, 0.05) is 31.5 Å². The second-order valence-electron chi connectivity index (χ2n) is 7.44. The first kappa shape index (κ1) is 17.2. The zero-order valence-electron chi connectivity index (χ0n) is 14.9. The van der Waals surface area contributed by atoms with E-state index in [9.17, 15) is 4.57 Å². The molecule has 138 valence electrons. The van der Waals surface area contributed by atoms with E-state index in [-0.39, 0.29) is 0 Å². The highest BCUT2D eigenvalue weighted by molar-refractivity contribution is 7.71. The highest BCUT2D eigenvalue weighted by Gasteiger charge is 2.37. The van der Waals surface area contributed by atoms with E-state index in [1.165, 1.54) is 12.8 Å². The van der Waals surface area contributed by atoms with Crippen LogP contribution >= 0.6 is 7.14 Å². The molecule has 7 heteroatoms. The maximum Gasteiger partial charge on any atom is 0.185 e. The lowest BCUT2D eigenvalue weighted by atomic mass is 10.0. The first-order valence-electron chi connectivity index (χ1n) is 9.26. The Kier molecular flexibility index (Phi) is 4.69. The van der Waals surface area contributed by atoms with Crippen molar-refractivity contribution < 1.29 is 14.0 Å². The van der Waals surface area contributed by atoms with Crippen LogP contribution in [0.5, 0.6) is 11.5 Å². The summed E-state index contributed by atoms with van der Waals surface area (Å²) in [7, 11) is -0.272. The standard InChI is InChI=1S/C18H28N3O3P/c1-20-6-4-14(5-7-20)21-8-12-25(22,13-9-21)16-3-2-15(19)17-18(16)24-11-10-23-17/h2-3,14H,4-13,19H2,1H3. The fourth-order valence-corrected chi connectivity index (χ4v) is 6.98. The van der Waals surface area contributed by atoms with Gasteiger partial charge < -0.3 is 24.7 Å². The van der Waals surface area contributed by atoms with Gasteiger partial charge in [-0.15, -0.1) is 0 Å². The number of hydrogen-bond acceptors (Lipinski definition) is 6. The maximum absolute atomic E-state index is 13.7. The van der Waals surface area contributed by atoms with Gasteiger partial charge in [-0.05, 0) is 45.1 Å². The predicted molar refractivity (Wildman–Crippen MR) is 101 cm³/mol. The van der Waals surface area contributed by atoms with Crippen LogP contribution in [0.2, 0.25) is 0 Å². The van der Waals surface area contributed by atoms with Crippen LogP contribution in [0.1, 0.15) is 12.8 Å². The number of fused-ring (bicyclic) bond motifs is 1. The SMILES string of the molecule is CN1CCC(N2CCP(=O)(c3ccc(N)c4c3OCCO4)CC2)CC1. The molecule has 0 aromatic heterocycles. The van der Waals surface area contributed by atoms with Gasteiger partial charge in [-0.3, -0.25) is 4.90 Å². The summed E-state index contributed by atoms with van der Waals surface area (Å²) in [4.78, 5) is 4.94. The molecule has 3 heterocycles. The number of likely N-dealkylation sites (tertiary alicyclic amines) is 1. The number of anilines is 1. The van der Waals surface area contributed by atoms with Crippen LogP contribution < -0.4 is 20.5 Å². The highest BCUT2D eigenvalue weighted by atomic mass is 31.2. The number of piperidine rings is 1. The van der Waals surface area contributed by atoms with Crippen molar-refractivity contribution in [1.29, 1.82) is 0 Å². The lowest BCUT2D eigenvalue weighted by Gasteiger charge is -2.41. The van der Waals surface area contributed by atoms with Crippen LogP contribution in [0.15, 0.2) is 12.1 Å². The molecular weight excluding hydrogens is 337 g/mol. The third-order valence-electron chi connectivity index (χ3n) is 5.84. The first-order chi connectivity index (χ1) is 12.1. The van der Waals surface area contributed by atoms with Gasteiger partial charge in [0.15, 0.2) is 11.5 Å². The second kappa shape index (κ2) is 6.82. The van der Waals surface area contributed by atoms with Gasteiger partial charge in [0.2, 0.25) is 0 Å². The van der Waals surface area contributed by atoms with Gasteiger partial charge >= 0.3 is 0 Å². The quantitative estimate of drug-likeness (QED) is 0.632. The molecule has 2 fully saturated rings. The number of hydrogen-bond donors (Lipinski definition) is 1. The Hall–Kier alpha value is -1.23. The van der Waals surface area contributed by atoms with E-state index in [4.69, 9.17) is 15.2 Å². The number of rotatable bonds is 2. The third kappa shape index (κ3) is 3.27. The molecule has 0 saturated carbocycles. The van der Waals surface area contributed by atoms with E-state index < -0.39 is 7.14 Å². The minimum absolute atomic E-state index is 0.491. The zero-order valence-corrected chi connectivity index (χ0v) is 15.8. The zero-order chi connectivity index (χ0) is 17.4. The molecule has 3 aliphatic heterocycles. The summed E-state index contributed by atoms with van der Waals surface area (Å²) < 4.78 is 25.2. The summed E-state index contributed by atoms with van der Waals surface area (Å²) in [6.45, 7) is 5.13. The van der Waals surface area contributed by atoms with Crippen molar-refractivity contribution in [3.63, 3.8) is 0 Å². The van der Waals surface area contributed by atoms with Crippen LogP contribution in [0, 0.1) is 0 Å². The Morgan fingerprint density at radius 2 is 1.68 bits per heavy atom. The lowest BCUT2D eigenvalue weighted by Crippen LogP contribution is -2.48. The number of benzene rings is 1. The van der Waals surface area contributed by atoms with Crippen molar-refractivity contribution >= 4 is 18.1 Å². The first-order valence-corrected chi connectivity index (χ1v) is 11.3. The molecule has 0 aliphatic carbocycles. The Labute approximate surface area is 149 Å². The monoisotopic (exact) mass is 365 g/mol. The second-order valence-corrected chi connectivity index (χ2v) is 10.6. The van der Waals surface area contributed by atoms with E-state index in [1.54, 1.807) is 0 Å². The van der Waals surface area contributed by atoms with Crippen molar-refractivity contribution in [1.82, 2.24) is 9.80 Å². The molecule has 6 nitrogen and oxygen atoms in total. The predicted octanol–water partition coefficient (Wildman–Crippen LogP) is 1.44. The van der Waals surface area contributed by atoms with Crippen molar-refractivity contribution in [3.8, 4) is 11.5 Å². The normalized spacial score (nSPS) is 25.0. The number of nitrogen functional groups attached to an aromatic ring is 1. The molecule has 0 bridgehead atoms. The Bertz CT molecular complexity index is 676. The van der Waals surface area contributed by atoms with E-state index in [0.29, 0.717) is 36.4 Å². The van der Waals surface area contributed by atoms with Gasteiger partial charge in [-0.2, -0.15) is 0 Å². The molecule has 0 unspecified atom stereocenters. The Morgan fingerprint density at radius 3 is 2.36 bits per heavy atom. The molecule has 1 aromatic carbocycles. The van der Waals surface area contributed by atoms with Gasteiger partial charge in [-0.1, -0.05) is 0 Å². The Balaban J connectivity index is 1.50. The molecule has 2 saturated heterocycles. The molecule has 0 atom stereocenters. The lowest BCUT2D eigenvalue weighted by molar-refractivity contribution is 0.129. The smallest absolute Gasteiger partial charge is 0.185 e. The van der Waals surface area contributed by atoms with Crippen LogP contribution in [0.4, 0.5) is 5.69 Å². The molecule has 0 amide bonds. The van der Waals surface area contributed by atoms with E-state index in [0.717, 1.165) is 43.8 Å². The molecule has 0 spiro atoms. The summed E-state index contributed by atoms with van der Waals surface area (Å²) in [6, 6.07) is 4.35. The van der Waals surface area contributed by atoms with Gasteiger partial charge in [0.05, 0.1) is 11.0 Å². The van der Waals surface area contributed by atoms with Gasteiger partial charge in [0.25, 0.3) is 0 Å². The molecule has 4 rings (SSSR count). The summed E-state index contributed by atoms with van der Waals surface area (Å²) >= 11 is 0. The van der Waals surface area contributed by atoms with Crippen molar-refractivity contribution in [2.75, 3.05) is 64.5 Å². The summed E-state index contributed by atoms with van der Waals surface area (Å²) in [5.74, 6) is 1.21. The van der Waals surface area contributed by atoms with Crippen LogP contribution in [-0.2, 0) is 4.57 Å². The average Bonchev–Trinajstić information content (AvgIpc) is 2.64. The third-order valence-corrected chi connectivity index (χ3v) is 8.91. The van der Waals surface area contributed by atoms with Crippen molar-refractivity contribution in [2.45, 2.75) is 18.9 Å². The molecular formula is C18H28N3O3P. The van der Waals surface area contributed by atoms with Crippen molar-refractivity contribution in [2.24, 2.45) is 0 Å². The maximum atomic E-state index is 13.7. The minimum Gasteiger partial charge on any atom is -0.485 e. The summed E-state index contributed by atoms with van der Waals surface area (Å²) in [5, 5.41) is 0.833. The molecule has 2 N–H and O–H groups in total. The summed E-state index contributed by atoms with van der Waals surface area (Å²) in [5.41, 5.74) is 6.57. The van der Waals surface area contributed by atoms with E-state index >= 15 is 0 Å². The van der Waals surface area contributed by atoms with E-state index in [2.05, 4.69) is 16.8 Å². The molecule has 1 aromatic rings. The van der Waals surface area contributed by atoms with Crippen LogP contribution in [0.25, 0.3) is 0 Å². The molecule has 25 heavy (non-hydrogen) atoms. The number of ether oxygens (including phenoxy) is 2. The molecule has 0 radical (unpaired) electrons. The van der Waals surface area contributed by atoms with Crippen LogP contribution in [-0.4, -0.2) is 74.6 Å². The van der Waals surface area contributed by atoms with Crippen molar-refractivity contribution in [3.05, 3.63) is 12.1 Å².